The van der Waals surface area contributed by atoms with Gasteiger partial charge in [-0.25, -0.2) is 0 Å². The molecule has 1 heteroatoms. The monoisotopic (exact) mass is 751 g/mol. The topological polar surface area (TPSA) is 3.24 Å². The SMILES string of the molecule is CC1(C)c2ccccc2N(c2ccc(-c3ccccc3)cc2)c2ccc(-c3cccc4c3-c3ccccc3C43c4ccccc4-c4ccccc4-c4ccccc43)cc21. The van der Waals surface area contributed by atoms with Crippen LogP contribution in [-0.4, -0.2) is 0 Å². The van der Waals surface area contributed by atoms with E-state index in [1.54, 1.807) is 0 Å². The van der Waals surface area contributed by atoms with Gasteiger partial charge in [-0.1, -0.05) is 196 Å². The summed E-state index contributed by atoms with van der Waals surface area (Å²) in [7, 11) is 0. The van der Waals surface area contributed by atoms with Crippen LogP contribution in [0.4, 0.5) is 17.1 Å². The normalized spacial score (nSPS) is 14.5. The molecule has 1 aliphatic heterocycles. The summed E-state index contributed by atoms with van der Waals surface area (Å²) in [4.78, 5) is 2.46. The van der Waals surface area contributed by atoms with E-state index < -0.39 is 5.41 Å². The first-order valence-electron chi connectivity index (χ1n) is 20.8. The highest BCUT2D eigenvalue weighted by molar-refractivity contribution is 6.01. The highest BCUT2D eigenvalue weighted by Gasteiger charge is 2.50. The molecular formula is C58H41N. The Balaban J connectivity index is 1.09. The summed E-state index contributed by atoms with van der Waals surface area (Å²) in [6, 6.07) is 79.4. The number of hydrogen-bond acceptors (Lipinski definition) is 1. The van der Waals surface area contributed by atoms with Gasteiger partial charge in [0.25, 0.3) is 0 Å². The van der Waals surface area contributed by atoms with E-state index >= 15 is 0 Å². The largest absolute Gasteiger partial charge is 0.310 e. The number of hydrogen-bond donors (Lipinski definition) is 0. The summed E-state index contributed by atoms with van der Waals surface area (Å²) in [6.07, 6.45) is 0. The molecule has 3 aliphatic rings. The van der Waals surface area contributed by atoms with E-state index in [-0.39, 0.29) is 5.41 Å². The second-order valence-corrected chi connectivity index (χ2v) is 16.8. The van der Waals surface area contributed by atoms with Crippen LogP contribution in [0.2, 0.25) is 0 Å². The minimum absolute atomic E-state index is 0.232. The van der Waals surface area contributed by atoms with Gasteiger partial charge in [0.1, 0.15) is 0 Å². The maximum absolute atomic E-state index is 2.49. The molecule has 12 rings (SSSR count). The van der Waals surface area contributed by atoms with Crippen LogP contribution in [0.15, 0.2) is 212 Å². The van der Waals surface area contributed by atoms with Crippen molar-refractivity contribution in [2.24, 2.45) is 0 Å². The lowest BCUT2D eigenvalue weighted by atomic mass is 9.66. The Bertz CT molecular complexity index is 3070. The standard InChI is InChI=1S/C58H41N/c1-57(2)51-28-14-15-30-54(51)59(41-34-31-39(32-35-41)38-17-4-3-5-18-38)55-36-33-40(37-53(55)57)42-24-16-29-52-56(42)47-23-10-13-27-50(47)58(52)48-25-11-8-21-45(48)43-19-6-7-20-44(43)46-22-9-12-26-49(46)58/h3-37H,1-2H3. The number of fused-ring (bicyclic) bond motifs is 14. The zero-order valence-electron chi connectivity index (χ0n) is 33.2. The first kappa shape index (κ1) is 33.9. The van der Waals surface area contributed by atoms with E-state index in [2.05, 4.69) is 231 Å². The summed E-state index contributed by atoms with van der Waals surface area (Å²) < 4.78 is 0. The number of rotatable bonds is 3. The average Bonchev–Trinajstić information content (AvgIpc) is 3.55. The lowest BCUT2D eigenvalue weighted by molar-refractivity contribution is 0.632. The van der Waals surface area contributed by atoms with Gasteiger partial charge in [-0.3, -0.25) is 0 Å². The molecule has 9 aromatic carbocycles. The molecule has 0 fully saturated rings. The molecule has 0 unspecified atom stereocenters. The second-order valence-electron chi connectivity index (χ2n) is 16.8. The molecule has 0 aromatic heterocycles. The maximum atomic E-state index is 2.49. The number of para-hydroxylation sites is 1. The molecule has 1 heterocycles. The number of anilines is 3. The lowest BCUT2D eigenvalue weighted by Gasteiger charge is -2.42. The van der Waals surface area contributed by atoms with E-state index in [4.69, 9.17) is 0 Å². The molecular weight excluding hydrogens is 711 g/mol. The molecule has 2 aliphatic carbocycles. The van der Waals surface area contributed by atoms with Crippen molar-refractivity contribution < 1.29 is 0 Å². The van der Waals surface area contributed by atoms with Crippen molar-refractivity contribution in [3.63, 3.8) is 0 Å². The lowest BCUT2D eigenvalue weighted by Crippen LogP contribution is -2.30. The zero-order valence-corrected chi connectivity index (χ0v) is 33.2. The predicted molar refractivity (Wildman–Crippen MR) is 246 cm³/mol. The van der Waals surface area contributed by atoms with Crippen LogP contribution < -0.4 is 4.90 Å². The molecule has 1 spiro atoms. The Morgan fingerprint density at radius 1 is 0.305 bits per heavy atom. The predicted octanol–water partition coefficient (Wildman–Crippen LogP) is 15.1. The van der Waals surface area contributed by atoms with Crippen LogP contribution in [0.25, 0.3) is 55.6 Å². The summed E-state index contributed by atoms with van der Waals surface area (Å²) in [5.74, 6) is 0. The van der Waals surface area contributed by atoms with Crippen molar-refractivity contribution >= 4 is 17.1 Å². The fourth-order valence-corrected chi connectivity index (χ4v) is 10.9. The van der Waals surface area contributed by atoms with Gasteiger partial charge in [-0.05, 0) is 119 Å². The maximum Gasteiger partial charge on any atom is 0.0725 e. The van der Waals surface area contributed by atoms with Crippen LogP contribution in [0.5, 0.6) is 0 Å². The first-order valence-corrected chi connectivity index (χ1v) is 20.8. The molecule has 59 heavy (non-hydrogen) atoms. The van der Waals surface area contributed by atoms with Crippen molar-refractivity contribution in [3.05, 3.63) is 246 Å². The van der Waals surface area contributed by atoms with Crippen molar-refractivity contribution in [1.29, 1.82) is 0 Å². The summed E-state index contributed by atoms with van der Waals surface area (Å²) >= 11 is 0. The van der Waals surface area contributed by atoms with E-state index in [0.717, 1.165) is 5.69 Å². The van der Waals surface area contributed by atoms with Crippen LogP contribution in [0.3, 0.4) is 0 Å². The molecule has 0 radical (unpaired) electrons. The van der Waals surface area contributed by atoms with E-state index in [1.807, 2.05) is 0 Å². The quantitative estimate of drug-likeness (QED) is 0.174. The minimum atomic E-state index is -0.511. The van der Waals surface area contributed by atoms with Gasteiger partial charge in [0.05, 0.1) is 16.8 Å². The van der Waals surface area contributed by atoms with Crippen molar-refractivity contribution in [2.75, 3.05) is 4.90 Å². The summed E-state index contributed by atoms with van der Waals surface area (Å²) in [6.45, 7) is 4.78. The van der Waals surface area contributed by atoms with Crippen molar-refractivity contribution in [2.45, 2.75) is 24.7 Å². The molecule has 9 aromatic rings. The smallest absolute Gasteiger partial charge is 0.0725 e. The molecule has 278 valence electrons. The van der Waals surface area contributed by atoms with Crippen molar-refractivity contribution in [3.8, 4) is 55.6 Å². The van der Waals surface area contributed by atoms with E-state index in [1.165, 1.54) is 100 Å². The van der Waals surface area contributed by atoms with Crippen molar-refractivity contribution in [1.82, 2.24) is 0 Å². The second kappa shape index (κ2) is 12.6. The minimum Gasteiger partial charge on any atom is -0.310 e. The van der Waals surface area contributed by atoms with E-state index in [0.29, 0.717) is 0 Å². The van der Waals surface area contributed by atoms with Gasteiger partial charge in [0.15, 0.2) is 0 Å². The molecule has 1 nitrogen and oxygen atoms in total. The number of benzene rings is 9. The van der Waals surface area contributed by atoms with Gasteiger partial charge < -0.3 is 4.90 Å². The van der Waals surface area contributed by atoms with Crippen LogP contribution in [0.1, 0.15) is 47.2 Å². The Labute approximate surface area is 346 Å². The molecule has 0 N–H and O–H groups in total. The van der Waals surface area contributed by atoms with Gasteiger partial charge in [-0.15, -0.1) is 0 Å². The Morgan fingerprint density at radius 2 is 0.763 bits per heavy atom. The average molecular weight is 752 g/mol. The third-order valence-electron chi connectivity index (χ3n) is 13.5. The highest BCUT2D eigenvalue weighted by atomic mass is 15.2. The first-order chi connectivity index (χ1) is 29.0. The molecule has 0 amide bonds. The molecule has 0 atom stereocenters. The third-order valence-corrected chi connectivity index (χ3v) is 13.5. The fraction of sp³-hybridized carbons (Fsp3) is 0.0690. The third kappa shape index (κ3) is 4.67. The molecule has 0 saturated carbocycles. The highest BCUT2D eigenvalue weighted by Crippen LogP contribution is 2.63. The molecule has 0 saturated heterocycles. The van der Waals surface area contributed by atoms with Gasteiger partial charge in [-0.2, -0.15) is 0 Å². The van der Waals surface area contributed by atoms with E-state index in [9.17, 15) is 0 Å². The van der Waals surface area contributed by atoms with Crippen LogP contribution >= 0.6 is 0 Å². The number of nitrogens with zero attached hydrogens (tertiary/aromatic N) is 1. The zero-order chi connectivity index (χ0) is 39.3. The van der Waals surface area contributed by atoms with Crippen LogP contribution in [-0.2, 0) is 10.8 Å². The Morgan fingerprint density at radius 3 is 1.42 bits per heavy atom. The Kier molecular flexibility index (Phi) is 7.26. The summed E-state index contributed by atoms with van der Waals surface area (Å²) in [5.41, 5.74) is 23.6. The fourth-order valence-electron chi connectivity index (χ4n) is 10.9. The summed E-state index contributed by atoms with van der Waals surface area (Å²) in [5, 5.41) is 0. The van der Waals surface area contributed by atoms with Crippen LogP contribution in [0, 0.1) is 0 Å². The van der Waals surface area contributed by atoms with Gasteiger partial charge in [0.2, 0.25) is 0 Å². The molecule has 0 bridgehead atoms. The Hall–Kier alpha value is -7.22. The van der Waals surface area contributed by atoms with Gasteiger partial charge >= 0.3 is 0 Å². The van der Waals surface area contributed by atoms with Gasteiger partial charge in [0, 0.05) is 11.1 Å².